The van der Waals surface area contributed by atoms with Gasteiger partial charge in [0.25, 0.3) is 0 Å². The summed E-state index contributed by atoms with van der Waals surface area (Å²) in [6, 6.07) is 4.92. The second-order valence-corrected chi connectivity index (χ2v) is 4.84. The van der Waals surface area contributed by atoms with Gasteiger partial charge in [0.2, 0.25) is 0 Å². The van der Waals surface area contributed by atoms with E-state index in [9.17, 15) is 4.39 Å². The third-order valence-electron chi connectivity index (χ3n) is 2.75. The van der Waals surface area contributed by atoms with Gasteiger partial charge in [0, 0.05) is 34.9 Å². The van der Waals surface area contributed by atoms with Gasteiger partial charge >= 0.3 is 0 Å². The van der Waals surface area contributed by atoms with E-state index in [2.05, 4.69) is 31.2 Å². The predicted molar refractivity (Wildman–Crippen MR) is 72.8 cm³/mol. The van der Waals surface area contributed by atoms with Gasteiger partial charge in [0.05, 0.1) is 0 Å². The zero-order valence-corrected chi connectivity index (χ0v) is 11.7. The molecule has 2 aromatic rings. The van der Waals surface area contributed by atoms with E-state index in [4.69, 9.17) is 0 Å². The molecule has 0 fully saturated rings. The van der Waals surface area contributed by atoms with E-state index in [0.717, 1.165) is 16.8 Å². The number of benzene rings is 1. The zero-order valence-electron chi connectivity index (χ0n) is 10.1. The van der Waals surface area contributed by atoms with E-state index in [0.29, 0.717) is 12.0 Å². The summed E-state index contributed by atoms with van der Waals surface area (Å²) >= 11 is 3.41. The lowest BCUT2D eigenvalue weighted by Gasteiger charge is -2.19. The molecule has 1 atom stereocenters. The number of imidazole rings is 1. The van der Waals surface area contributed by atoms with Crippen LogP contribution in [0.4, 0.5) is 4.39 Å². The van der Waals surface area contributed by atoms with Crippen molar-refractivity contribution in [3.63, 3.8) is 0 Å². The Hall–Kier alpha value is -1.20. The Kier molecular flexibility index (Phi) is 4.49. The smallest absolute Gasteiger partial charge is 0.129 e. The van der Waals surface area contributed by atoms with Crippen molar-refractivity contribution >= 4 is 15.9 Å². The Morgan fingerprint density at radius 2 is 2.33 bits per heavy atom. The number of hydrogen-bond acceptors (Lipinski definition) is 2. The summed E-state index contributed by atoms with van der Waals surface area (Å²) in [4.78, 5) is 7.24. The van der Waals surface area contributed by atoms with Gasteiger partial charge < -0.3 is 10.3 Å². The zero-order chi connectivity index (χ0) is 13.0. The molecule has 0 aliphatic carbocycles. The second-order valence-electron chi connectivity index (χ2n) is 3.99. The highest BCUT2D eigenvalue weighted by atomic mass is 79.9. The highest BCUT2D eigenvalue weighted by molar-refractivity contribution is 9.10. The fourth-order valence-corrected chi connectivity index (χ4v) is 2.59. The van der Waals surface area contributed by atoms with E-state index in [1.807, 2.05) is 13.0 Å². The minimum atomic E-state index is -0.207. The van der Waals surface area contributed by atoms with Crippen molar-refractivity contribution in [2.45, 2.75) is 19.4 Å². The van der Waals surface area contributed by atoms with E-state index >= 15 is 0 Å². The molecule has 0 radical (unpaired) electrons. The number of halogens is 2. The number of hydrogen-bond donors (Lipinski definition) is 2. The average molecular weight is 312 g/mol. The van der Waals surface area contributed by atoms with Crippen molar-refractivity contribution in [3.8, 4) is 0 Å². The number of rotatable bonds is 5. The summed E-state index contributed by atoms with van der Waals surface area (Å²) in [6.45, 7) is 2.77. The highest BCUT2D eigenvalue weighted by Crippen LogP contribution is 2.28. The maximum Gasteiger partial charge on any atom is 0.129 e. The van der Waals surface area contributed by atoms with Crippen molar-refractivity contribution in [2.24, 2.45) is 0 Å². The minimum Gasteiger partial charge on any atom is -0.349 e. The number of likely N-dealkylation sites (N-methyl/N-ethyl adjacent to an activating group) is 1. The van der Waals surface area contributed by atoms with Gasteiger partial charge in [0.15, 0.2) is 0 Å². The summed E-state index contributed by atoms with van der Waals surface area (Å²) in [5.74, 6) is 0.637. The third-order valence-corrected chi connectivity index (χ3v) is 3.44. The van der Waals surface area contributed by atoms with Gasteiger partial charge in [-0.1, -0.05) is 28.9 Å². The normalized spacial score (nSPS) is 12.6. The Morgan fingerprint density at radius 1 is 1.50 bits per heavy atom. The quantitative estimate of drug-likeness (QED) is 0.890. The first-order valence-electron chi connectivity index (χ1n) is 5.88. The SMILES string of the molecule is CCNC(Cc1ncc[nH]1)c1c(F)cccc1Br. The van der Waals surface area contributed by atoms with Crippen LogP contribution >= 0.6 is 15.9 Å². The molecule has 1 aromatic carbocycles. The first-order valence-corrected chi connectivity index (χ1v) is 6.67. The molecule has 1 aromatic heterocycles. The van der Waals surface area contributed by atoms with Crippen LogP contribution in [-0.2, 0) is 6.42 Å². The molecule has 0 bridgehead atoms. The largest absolute Gasteiger partial charge is 0.349 e. The molecule has 18 heavy (non-hydrogen) atoms. The Balaban J connectivity index is 2.29. The van der Waals surface area contributed by atoms with E-state index < -0.39 is 0 Å². The van der Waals surface area contributed by atoms with Crippen LogP contribution in [0.25, 0.3) is 0 Å². The highest BCUT2D eigenvalue weighted by Gasteiger charge is 2.19. The number of H-pyrrole nitrogens is 1. The van der Waals surface area contributed by atoms with E-state index in [1.54, 1.807) is 18.5 Å². The van der Waals surface area contributed by atoms with E-state index in [-0.39, 0.29) is 11.9 Å². The standard InChI is InChI=1S/C13H15BrFN3/c1-2-16-11(8-12-17-6-7-18-12)13-9(14)4-3-5-10(13)15/h3-7,11,16H,2,8H2,1H3,(H,17,18). The van der Waals surface area contributed by atoms with Crippen molar-refractivity contribution < 1.29 is 4.39 Å². The summed E-state index contributed by atoms with van der Waals surface area (Å²) in [6.07, 6.45) is 4.10. The molecule has 96 valence electrons. The van der Waals surface area contributed by atoms with Gasteiger partial charge in [-0.3, -0.25) is 0 Å². The minimum absolute atomic E-state index is 0.100. The number of aromatic nitrogens is 2. The van der Waals surface area contributed by atoms with Crippen LogP contribution in [0.5, 0.6) is 0 Å². The molecule has 2 rings (SSSR count). The van der Waals surface area contributed by atoms with Crippen LogP contribution in [0.2, 0.25) is 0 Å². The second kappa shape index (κ2) is 6.11. The van der Waals surface area contributed by atoms with Crippen LogP contribution in [0, 0.1) is 5.82 Å². The molecule has 1 heterocycles. The number of aromatic amines is 1. The summed E-state index contributed by atoms with van der Waals surface area (Å²) in [5, 5.41) is 3.29. The van der Waals surface area contributed by atoms with Gasteiger partial charge in [-0.25, -0.2) is 9.37 Å². The fourth-order valence-electron chi connectivity index (χ4n) is 1.97. The van der Waals surface area contributed by atoms with Crippen LogP contribution in [-0.4, -0.2) is 16.5 Å². The van der Waals surface area contributed by atoms with E-state index in [1.165, 1.54) is 6.07 Å². The number of nitrogens with one attached hydrogen (secondary N) is 2. The van der Waals surface area contributed by atoms with Crippen molar-refractivity contribution in [2.75, 3.05) is 6.54 Å². The van der Waals surface area contributed by atoms with Crippen LogP contribution in [0.15, 0.2) is 35.1 Å². The molecule has 0 saturated carbocycles. The molecule has 0 saturated heterocycles. The number of nitrogens with zero attached hydrogens (tertiary/aromatic N) is 1. The molecule has 5 heteroatoms. The lowest BCUT2D eigenvalue weighted by Crippen LogP contribution is -2.24. The first kappa shape index (κ1) is 13.2. The van der Waals surface area contributed by atoms with Crippen molar-refractivity contribution in [3.05, 3.63) is 52.3 Å². The van der Waals surface area contributed by atoms with Crippen LogP contribution in [0.1, 0.15) is 24.4 Å². The third kappa shape index (κ3) is 2.97. The maximum atomic E-state index is 14.0. The van der Waals surface area contributed by atoms with Crippen molar-refractivity contribution in [1.29, 1.82) is 0 Å². The molecule has 2 N–H and O–H groups in total. The van der Waals surface area contributed by atoms with Gasteiger partial charge in [-0.15, -0.1) is 0 Å². The maximum absolute atomic E-state index is 14.0. The predicted octanol–water partition coefficient (Wildman–Crippen LogP) is 3.20. The Labute approximate surface area is 114 Å². The molecule has 0 aliphatic rings. The van der Waals surface area contributed by atoms with Crippen LogP contribution < -0.4 is 5.32 Å². The Morgan fingerprint density at radius 3 is 2.94 bits per heavy atom. The topological polar surface area (TPSA) is 40.7 Å². The monoisotopic (exact) mass is 311 g/mol. The molecule has 0 spiro atoms. The molecule has 1 unspecified atom stereocenters. The summed E-state index contributed by atoms with van der Waals surface area (Å²) in [7, 11) is 0. The summed E-state index contributed by atoms with van der Waals surface area (Å²) < 4.78 is 14.7. The Bertz CT molecular complexity index is 479. The molecule has 0 aliphatic heterocycles. The molecular formula is C13H15BrFN3. The lowest BCUT2D eigenvalue weighted by molar-refractivity contribution is 0.501. The van der Waals surface area contributed by atoms with Gasteiger partial charge in [-0.2, -0.15) is 0 Å². The molecular weight excluding hydrogens is 297 g/mol. The lowest BCUT2D eigenvalue weighted by atomic mass is 10.0. The average Bonchev–Trinajstić information content (AvgIpc) is 2.82. The summed E-state index contributed by atoms with van der Waals surface area (Å²) in [5.41, 5.74) is 0.649. The van der Waals surface area contributed by atoms with Crippen molar-refractivity contribution in [1.82, 2.24) is 15.3 Å². The molecule has 3 nitrogen and oxygen atoms in total. The first-order chi connectivity index (χ1) is 8.72. The van der Waals surface area contributed by atoms with Gasteiger partial charge in [0.1, 0.15) is 11.6 Å². The van der Waals surface area contributed by atoms with Crippen LogP contribution in [0.3, 0.4) is 0 Å². The fraction of sp³-hybridized carbons (Fsp3) is 0.308. The molecule has 0 amide bonds. The van der Waals surface area contributed by atoms with Gasteiger partial charge in [-0.05, 0) is 18.7 Å².